The van der Waals surface area contributed by atoms with Gasteiger partial charge in [0.05, 0.1) is 0 Å². The number of nitrogens with zero attached hydrogens (tertiary/aromatic N) is 1. The van der Waals surface area contributed by atoms with Crippen molar-refractivity contribution in [2.75, 3.05) is 32.8 Å². The van der Waals surface area contributed by atoms with Gasteiger partial charge in [-0.15, -0.1) is 0 Å². The largest absolute Gasteiger partial charge is 0.396 e. The minimum Gasteiger partial charge on any atom is -0.396 e. The van der Waals surface area contributed by atoms with Crippen molar-refractivity contribution in [3.63, 3.8) is 0 Å². The first-order valence-corrected chi connectivity index (χ1v) is 6.02. The molecular weight excluding hydrogens is 200 g/mol. The fourth-order valence-corrected chi connectivity index (χ4v) is 2.35. The molecule has 0 aliphatic carbocycles. The summed E-state index contributed by atoms with van der Waals surface area (Å²) in [5.41, 5.74) is 1.32. The van der Waals surface area contributed by atoms with Gasteiger partial charge >= 0.3 is 0 Å². The van der Waals surface area contributed by atoms with E-state index in [2.05, 4.69) is 34.5 Å². The van der Waals surface area contributed by atoms with Gasteiger partial charge in [-0.3, -0.25) is 4.90 Å². The first-order chi connectivity index (χ1) is 7.92. The monoisotopic (exact) mass is 220 g/mol. The number of rotatable bonds is 4. The SMILES string of the molecule is OCC[C@@H](c1ccccc1)N1CCNCC1. The average Bonchev–Trinajstić information content (AvgIpc) is 2.38. The standard InChI is InChI=1S/C13H20N2O/c16-11-6-13(12-4-2-1-3-5-12)15-9-7-14-8-10-15/h1-5,13-14,16H,6-11H2/t13-/m0/s1. The lowest BCUT2D eigenvalue weighted by molar-refractivity contribution is 0.141. The summed E-state index contributed by atoms with van der Waals surface area (Å²) < 4.78 is 0. The van der Waals surface area contributed by atoms with Crippen molar-refractivity contribution in [1.29, 1.82) is 0 Å². The van der Waals surface area contributed by atoms with E-state index in [1.54, 1.807) is 0 Å². The van der Waals surface area contributed by atoms with E-state index in [1.165, 1.54) is 5.56 Å². The van der Waals surface area contributed by atoms with Gasteiger partial charge in [-0.1, -0.05) is 30.3 Å². The molecule has 0 unspecified atom stereocenters. The van der Waals surface area contributed by atoms with Crippen LogP contribution in [-0.4, -0.2) is 42.8 Å². The highest BCUT2D eigenvalue weighted by Crippen LogP contribution is 2.23. The van der Waals surface area contributed by atoms with Crippen molar-refractivity contribution in [2.45, 2.75) is 12.5 Å². The Morgan fingerprint density at radius 3 is 2.50 bits per heavy atom. The summed E-state index contributed by atoms with van der Waals surface area (Å²) in [5.74, 6) is 0. The molecule has 0 aromatic heterocycles. The first-order valence-electron chi connectivity index (χ1n) is 6.02. The zero-order chi connectivity index (χ0) is 11.2. The van der Waals surface area contributed by atoms with Crippen LogP contribution in [0.3, 0.4) is 0 Å². The summed E-state index contributed by atoms with van der Waals surface area (Å²) in [4.78, 5) is 2.46. The van der Waals surface area contributed by atoms with Crippen molar-refractivity contribution < 1.29 is 5.11 Å². The lowest BCUT2D eigenvalue weighted by Gasteiger charge is -2.35. The molecule has 1 fully saturated rings. The van der Waals surface area contributed by atoms with E-state index < -0.39 is 0 Å². The average molecular weight is 220 g/mol. The molecule has 1 heterocycles. The Balaban J connectivity index is 2.09. The highest BCUT2D eigenvalue weighted by molar-refractivity contribution is 5.19. The molecule has 0 saturated carbocycles. The van der Waals surface area contributed by atoms with Crippen LogP contribution >= 0.6 is 0 Å². The number of hydrogen-bond acceptors (Lipinski definition) is 3. The van der Waals surface area contributed by atoms with E-state index in [4.69, 9.17) is 0 Å². The number of hydrogen-bond donors (Lipinski definition) is 2. The summed E-state index contributed by atoms with van der Waals surface area (Å²) in [5, 5.41) is 12.5. The molecule has 3 nitrogen and oxygen atoms in total. The van der Waals surface area contributed by atoms with Crippen LogP contribution in [0, 0.1) is 0 Å². The molecule has 2 N–H and O–H groups in total. The van der Waals surface area contributed by atoms with Gasteiger partial charge in [0.25, 0.3) is 0 Å². The maximum absolute atomic E-state index is 9.19. The van der Waals surface area contributed by atoms with Gasteiger partial charge < -0.3 is 10.4 Å². The highest BCUT2D eigenvalue weighted by Gasteiger charge is 2.21. The van der Waals surface area contributed by atoms with Crippen LogP contribution in [0.4, 0.5) is 0 Å². The number of nitrogens with one attached hydrogen (secondary N) is 1. The molecule has 1 aliphatic rings. The molecular formula is C13H20N2O. The highest BCUT2D eigenvalue weighted by atomic mass is 16.3. The summed E-state index contributed by atoms with van der Waals surface area (Å²) >= 11 is 0. The number of aliphatic hydroxyl groups is 1. The van der Waals surface area contributed by atoms with E-state index in [-0.39, 0.29) is 6.61 Å². The third-order valence-corrected chi connectivity index (χ3v) is 3.18. The van der Waals surface area contributed by atoms with Crippen LogP contribution < -0.4 is 5.32 Å². The number of benzene rings is 1. The Labute approximate surface area is 97.1 Å². The summed E-state index contributed by atoms with van der Waals surface area (Å²) in [6.07, 6.45) is 0.823. The predicted molar refractivity (Wildman–Crippen MR) is 65.3 cm³/mol. The quantitative estimate of drug-likeness (QED) is 0.795. The fourth-order valence-electron chi connectivity index (χ4n) is 2.35. The van der Waals surface area contributed by atoms with Crippen LogP contribution in [0.15, 0.2) is 30.3 Å². The molecule has 88 valence electrons. The van der Waals surface area contributed by atoms with E-state index >= 15 is 0 Å². The Kier molecular flexibility index (Phi) is 4.34. The molecule has 2 rings (SSSR count). The second kappa shape index (κ2) is 5.99. The third-order valence-electron chi connectivity index (χ3n) is 3.18. The minimum absolute atomic E-state index is 0.253. The van der Waals surface area contributed by atoms with E-state index in [1.807, 2.05) is 6.07 Å². The topological polar surface area (TPSA) is 35.5 Å². The van der Waals surface area contributed by atoms with Crippen molar-refractivity contribution in [1.82, 2.24) is 10.2 Å². The number of aliphatic hydroxyl groups excluding tert-OH is 1. The zero-order valence-electron chi connectivity index (χ0n) is 9.60. The van der Waals surface area contributed by atoms with Gasteiger partial charge in [0, 0.05) is 38.8 Å². The van der Waals surface area contributed by atoms with E-state index in [0.717, 1.165) is 32.6 Å². The Morgan fingerprint density at radius 1 is 1.19 bits per heavy atom. The van der Waals surface area contributed by atoms with Gasteiger partial charge in [0.15, 0.2) is 0 Å². The van der Waals surface area contributed by atoms with Gasteiger partial charge in [-0.2, -0.15) is 0 Å². The van der Waals surface area contributed by atoms with Crippen molar-refractivity contribution in [2.24, 2.45) is 0 Å². The summed E-state index contributed by atoms with van der Waals surface area (Å²) in [7, 11) is 0. The van der Waals surface area contributed by atoms with Crippen LogP contribution in [0.25, 0.3) is 0 Å². The molecule has 1 saturated heterocycles. The molecule has 16 heavy (non-hydrogen) atoms. The lowest BCUT2D eigenvalue weighted by Crippen LogP contribution is -2.45. The lowest BCUT2D eigenvalue weighted by atomic mass is 10.0. The fraction of sp³-hybridized carbons (Fsp3) is 0.538. The Hall–Kier alpha value is -0.900. The number of piperazine rings is 1. The van der Waals surface area contributed by atoms with E-state index in [0.29, 0.717) is 6.04 Å². The molecule has 1 aliphatic heterocycles. The Morgan fingerprint density at radius 2 is 1.88 bits per heavy atom. The van der Waals surface area contributed by atoms with Crippen molar-refractivity contribution in [3.8, 4) is 0 Å². The molecule has 0 spiro atoms. The van der Waals surface area contributed by atoms with Gasteiger partial charge in [-0.05, 0) is 12.0 Å². The summed E-state index contributed by atoms with van der Waals surface area (Å²) in [6.45, 7) is 4.49. The van der Waals surface area contributed by atoms with Crippen LogP contribution in [0.5, 0.6) is 0 Å². The smallest absolute Gasteiger partial charge is 0.0449 e. The molecule has 3 heteroatoms. The van der Waals surface area contributed by atoms with Gasteiger partial charge in [0.1, 0.15) is 0 Å². The normalized spacial score (nSPS) is 19.6. The zero-order valence-corrected chi connectivity index (χ0v) is 9.60. The maximum atomic E-state index is 9.19. The van der Waals surface area contributed by atoms with Crippen LogP contribution in [0.1, 0.15) is 18.0 Å². The van der Waals surface area contributed by atoms with Crippen LogP contribution in [-0.2, 0) is 0 Å². The molecule has 0 amide bonds. The molecule has 1 aromatic carbocycles. The molecule has 0 radical (unpaired) electrons. The van der Waals surface area contributed by atoms with Gasteiger partial charge in [-0.25, -0.2) is 0 Å². The van der Waals surface area contributed by atoms with Crippen molar-refractivity contribution in [3.05, 3.63) is 35.9 Å². The third kappa shape index (κ3) is 2.82. The minimum atomic E-state index is 0.253. The van der Waals surface area contributed by atoms with Crippen molar-refractivity contribution >= 4 is 0 Å². The molecule has 0 bridgehead atoms. The first kappa shape index (κ1) is 11.6. The molecule has 1 atom stereocenters. The predicted octanol–water partition coefficient (Wildman–Crippen LogP) is 1.02. The summed E-state index contributed by atoms with van der Waals surface area (Å²) in [6, 6.07) is 10.9. The Bertz CT molecular complexity index is 296. The van der Waals surface area contributed by atoms with E-state index in [9.17, 15) is 5.11 Å². The van der Waals surface area contributed by atoms with Crippen LogP contribution in [0.2, 0.25) is 0 Å². The second-order valence-electron chi connectivity index (χ2n) is 4.22. The molecule has 1 aromatic rings. The van der Waals surface area contributed by atoms with Gasteiger partial charge in [0.2, 0.25) is 0 Å². The second-order valence-corrected chi connectivity index (χ2v) is 4.22. The maximum Gasteiger partial charge on any atom is 0.0449 e.